The molecule has 1 aliphatic rings. The van der Waals surface area contributed by atoms with Gasteiger partial charge in [-0.05, 0) is 31.2 Å². The van der Waals surface area contributed by atoms with Gasteiger partial charge in [0.2, 0.25) is 0 Å². The van der Waals surface area contributed by atoms with E-state index < -0.39 is 17.7 Å². The van der Waals surface area contributed by atoms with Gasteiger partial charge in [-0.15, -0.1) is 22.7 Å². The van der Waals surface area contributed by atoms with Crippen molar-refractivity contribution in [3.63, 3.8) is 0 Å². The summed E-state index contributed by atoms with van der Waals surface area (Å²) in [5.74, 6) is -4.08. The lowest BCUT2D eigenvalue weighted by molar-refractivity contribution is -0.0409. The molecule has 2 aromatic heterocycles. The van der Waals surface area contributed by atoms with Crippen LogP contribution in [-0.4, -0.2) is 37.3 Å². The number of hydrogen-bond donors (Lipinski definition) is 2. The summed E-state index contributed by atoms with van der Waals surface area (Å²) >= 11 is 2.65. The second kappa shape index (κ2) is 6.88. The molecule has 1 atom stereocenters. The van der Waals surface area contributed by atoms with E-state index in [2.05, 4.69) is 15.3 Å². The third-order valence-corrected chi connectivity index (χ3v) is 6.93. The lowest BCUT2D eigenvalue weighted by Gasteiger charge is -2.31. The molecule has 4 rings (SSSR count). The Hall–Kier alpha value is -1.97. The molecule has 0 amide bonds. The molecule has 1 aliphatic heterocycles. The molecule has 9 heteroatoms. The minimum absolute atomic E-state index is 0.0399. The lowest BCUT2D eigenvalue weighted by Crippen LogP contribution is -2.44. The number of thiazole rings is 1. The van der Waals surface area contributed by atoms with Crippen LogP contribution in [0.15, 0.2) is 23.2 Å². The summed E-state index contributed by atoms with van der Waals surface area (Å²) < 4.78 is 43.3. The summed E-state index contributed by atoms with van der Waals surface area (Å²) in [6.07, 6.45) is 1.89. The standard InChI is InChI=1S/C18H17F3N4S2/c1-23-7-10-4-9(5-12(19)15(10)22)16-25-17-14(27-16)6-13(26-17)11-2-3-24-8-18(11,20)21/h4-7,11,24H,2-3,8,22H2,1H3. The van der Waals surface area contributed by atoms with Crippen molar-refractivity contribution in [3.05, 3.63) is 34.5 Å². The van der Waals surface area contributed by atoms with E-state index in [1.54, 1.807) is 19.2 Å². The summed E-state index contributed by atoms with van der Waals surface area (Å²) in [5.41, 5.74) is 6.86. The van der Waals surface area contributed by atoms with E-state index >= 15 is 0 Å². The van der Waals surface area contributed by atoms with Crippen molar-refractivity contribution in [1.82, 2.24) is 10.3 Å². The van der Waals surface area contributed by atoms with Crippen LogP contribution in [0, 0.1) is 5.82 Å². The van der Waals surface area contributed by atoms with Gasteiger partial charge in [-0.25, -0.2) is 18.2 Å². The Morgan fingerprint density at radius 2 is 2.15 bits per heavy atom. The summed E-state index contributed by atoms with van der Waals surface area (Å²) in [5, 5.41) is 3.37. The Morgan fingerprint density at radius 1 is 1.33 bits per heavy atom. The number of thiophene rings is 1. The summed E-state index contributed by atoms with van der Waals surface area (Å²) in [6, 6.07) is 4.87. The molecule has 3 aromatic rings. The highest BCUT2D eigenvalue weighted by atomic mass is 32.1. The van der Waals surface area contributed by atoms with Crippen molar-refractivity contribution in [2.75, 3.05) is 25.9 Å². The van der Waals surface area contributed by atoms with Gasteiger partial charge in [0.05, 0.1) is 22.8 Å². The zero-order chi connectivity index (χ0) is 19.2. The molecule has 0 aliphatic carbocycles. The van der Waals surface area contributed by atoms with Gasteiger partial charge in [-0.1, -0.05) is 0 Å². The van der Waals surface area contributed by atoms with Crippen LogP contribution in [0.4, 0.5) is 18.9 Å². The molecule has 0 bridgehead atoms. The first kappa shape index (κ1) is 18.4. The van der Waals surface area contributed by atoms with Crippen molar-refractivity contribution in [2.24, 2.45) is 4.99 Å². The van der Waals surface area contributed by atoms with Gasteiger partial charge in [-0.3, -0.25) is 4.99 Å². The minimum Gasteiger partial charge on any atom is -0.396 e. The Kier molecular flexibility index (Phi) is 4.69. The molecule has 142 valence electrons. The number of nitrogens with one attached hydrogen (secondary N) is 1. The van der Waals surface area contributed by atoms with Gasteiger partial charge in [0, 0.05) is 29.3 Å². The molecular formula is C18H17F3N4S2. The summed E-state index contributed by atoms with van der Waals surface area (Å²) in [4.78, 5) is 9.79. The number of fused-ring (bicyclic) bond motifs is 1. The van der Waals surface area contributed by atoms with Crippen molar-refractivity contribution >= 4 is 44.1 Å². The van der Waals surface area contributed by atoms with E-state index in [0.717, 1.165) is 4.70 Å². The van der Waals surface area contributed by atoms with E-state index in [1.165, 1.54) is 35.0 Å². The highest BCUT2D eigenvalue weighted by Gasteiger charge is 2.43. The summed E-state index contributed by atoms with van der Waals surface area (Å²) in [7, 11) is 1.58. The van der Waals surface area contributed by atoms with Crippen molar-refractivity contribution in [1.29, 1.82) is 0 Å². The fraction of sp³-hybridized carbons (Fsp3) is 0.333. The predicted molar refractivity (Wildman–Crippen MR) is 106 cm³/mol. The number of halogens is 3. The van der Waals surface area contributed by atoms with Gasteiger partial charge in [-0.2, -0.15) is 0 Å². The van der Waals surface area contributed by atoms with Crippen LogP contribution in [0.3, 0.4) is 0 Å². The normalized spacial score (nSPS) is 19.9. The number of hydrogen-bond acceptors (Lipinski definition) is 6. The van der Waals surface area contributed by atoms with Gasteiger partial charge in [0.1, 0.15) is 15.7 Å². The molecule has 1 fully saturated rings. The SMILES string of the molecule is CN=Cc1cc(-c2nc3sc(C4CCNCC4(F)F)cc3s2)cc(F)c1N. The first-order valence-corrected chi connectivity index (χ1v) is 10.0. The Labute approximate surface area is 162 Å². The van der Waals surface area contributed by atoms with Gasteiger partial charge in [0.25, 0.3) is 5.92 Å². The number of alkyl halides is 2. The summed E-state index contributed by atoms with van der Waals surface area (Å²) in [6.45, 7) is 0.283. The second-order valence-electron chi connectivity index (χ2n) is 6.46. The van der Waals surface area contributed by atoms with Crippen LogP contribution in [0.1, 0.15) is 22.8 Å². The Bertz CT molecular complexity index is 994. The van der Waals surface area contributed by atoms with Crippen molar-refractivity contribution in [3.8, 4) is 10.6 Å². The number of rotatable bonds is 3. The molecule has 3 heterocycles. The minimum atomic E-state index is -2.76. The average molecular weight is 410 g/mol. The number of aliphatic imine (C=N–C) groups is 1. The molecule has 0 spiro atoms. The Balaban J connectivity index is 1.71. The molecule has 1 saturated heterocycles. The van der Waals surface area contributed by atoms with Crippen LogP contribution in [0.25, 0.3) is 20.1 Å². The number of nitrogens with two attached hydrogens (primary N) is 1. The number of piperidine rings is 1. The molecule has 0 saturated carbocycles. The number of benzene rings is 1. The Morgan fingerprint density at radius 3 is 2.85 bits per heavy atom. The van der Waals surface area contributed by atoms with E-state index in [9.17, 15) is 13.2 Å². The fourth-order valence-electron chi connectivity index (χ4n) is 3.24. The van der Waals surface area contributed by atoms with Gasteiger partial charge < -0.3 is 11.1 Å². The number of aromatic nitrogens is 1. The maximum Gasteiger partial charge on any atom is 0.267 e. The monoisotopic (exact) mass is 410 g/mol. The smallest absolute Gasteiger partial charge is 0.267 e. The zero-order valence-electron chi connectivity index (χ0n) is 14.4. The first-order chi connectivity index (χ1) is 12.9. The van der Waals surface area contributed by atoms with Crippen LogP contribution in [0.5, 0.6) is 0 Å². The maximum atomic E-state index is 14.2. The zero-order valence-corrected chi connectivity index (χ0v) is 16.1. The topological polar surface area (TPSA) is 63.3 Å². The number of nitrogen functional groups attached to an aromatic ring is 1. The third-order valence-electron chi connectivity index (χ3n) is 4.61. The van der Waals surface area contributed by atoms with Crippen LogP contribution in [0.2, 0.25) is 0 Å². The highest BCUT2D eigenvalue weighted by molar-refractivity contribution is 7.28. The van der Waals surface area contributed by atoms with E-state index in [4.69, 9.17) is 5.73 Å². The molecule has 0 radical (unpaired) electrons. The van der Waals surface area contributed by atoms with Crippen molar-refractivity contribution in [2.45, 2.75) is 18.3 Å². The molecule has 1 unspecified atom stereocenters. The van der Waals surface area contributed by atoms with E-state index in [1.807, 2.05) is 0 Å². The lowest BCUT2D eigenvalue weighted by atomic mass is 9.92. The predicted octanol–water partition coefficient (Wildman–Crippen LogP) is 4.51. The molecule has 27 heavy (non-hydrogen) atoms. The number of anilines is 1. The van der Waals surface area contributed by atoms with Crippen LogP contribution in [-0.2, 0) is 0 Å². The molecular weight excluding hydrogens is 393 g/mol. The van der Waals surface area contributed by atoms with Gasteiger partial charge in [0.15, 0.2) is 0 Å². The fourth-order valence-corrected chi connectivity index (χ4v) is 5.65. The average Bonchev–Trinajstić information content (AvgIpc) is 3.17. The number of nitrogens with zero attached hydrogens (tertiary/aromatic N) is 2. The van der Waals surface area contributed by atoms with E-state index in [-0.39, 0.29) is 12.2 Å². The van der Waals surface area contributed by atoms with Crippen molar-refractivity contribution < 1.29 is 13.2 Å². The third kappa shape index (κ3) is 3.35. The molecule has 3 N–H and O–H groups in total. The highest BCUT2D eigenvalue weighted by Crippen LogP contribution is 2.44. The maximum absolute atomic E-state index is 14.2. The largest absolute Gasteiger partial charge is 0.396 e. The quantitative estimate of drug-likeness (QED) is 0.493. The van der Waals surface area contributed by atoms with Crippen LogP contribution >= 0.6 is 22.7 Å². The van der Waals surface area contributed by atoms with Crippen LogP contribution < -0.4 is 11.1 Å². The molecule has 4 nitrogen and oxygen atoms in total. The second-order valence-corrected chi connectivity index (χ2v) is 8.56. The molecule has 1 aromatic carbocycles. The van der Waals surface area contributed by atoms with Gasteiger partial charge >= 0.3 is 0 Å². The first-order valence-electron chi connectivity index (χ1n) is 8.39. The van der Waals surface area contributed by atoms with E-state index in [0.29, 0.717) is 38.8 Å².